The summed E-state index contributed by atoms with van der Waals surface area (Å²) in [4.78, 5) is 15.2. The van der Waals surface area contributed by atoms with E-state index in [4.69, 9.17) is 9.47 Å². The van der Waals surface area contributed by atoms with Gasteiger partial charge in [-0.05, 0) is 98.3 Å². The first-order chi connectivity index (χ1) is 18.1. The highest BCUT2D eigenvalue weighted by molar-refractivity contribution is 7.92. The minimum atomic E-state index is -4.13. The van der Waals surface area contributed by atoms with Gasteiger partial charge in [-0.3, -0.25) is 4.72 Å². The Balaban J connectivity index is 1.38. The summed E-state index contributed by atoms with van der Waals surface area (Å²) in [6, 6.07) is 7.18. The topological polar surface area (TPSA) is 84.9 Å². The van der Waals surface area contributed by atoms with E-state index in [0.717, 1.165) is 63.4 Å². The molecule has 3 aliphatic rings. The fourth-order valence-electron chi connectivity index (χ4n) is 6.25. The molecule has 1 saturated heterocycles. The molecule has 3 atom stereocenters. The molecule has 5 rings (SSSR count). The molecule has 206 valence electrons. The number of carbonyl (C=O) groups excluding carboxylic acids is 1. The van der Waals surface area contributed by atoms with Crippen molar-refractivity contribution in [2.75, 3.05) is 38.1 Å². The van der Waals surface area contributed by atoms with Gasteiger partial charge in [-0.2, -0.15) is 0 Å². The number of nitrogens with zero attached hydrogens (tertiary/aromatic N) is 1. The van der Waals surface area contributed by atoms with Gasteiger partial charge in [0.1, 0.15) is 17.1 Å². The van der Waals surface area contributed by atoms with Gasteiger partial charge in [-0.1, -0.05) is 19.9 Å². The lowest BCUT2D eigenvalue weighted by molar-refractivity contribution is 0.0596. The van der Waals surface area contributed by atoms with Gasteiger partial charge in [0.25, 0.3) is 10.0 Å². The van der Waals surface area contributed by atoms with Crippen molar-refractivity contribution in [2.45, 2.75) is 63.2 Å². The lowest BCUT2D eigenvalue weighted by Crippen LogP contribution is -2.41. The molecule has 1 unspecified atom stereocenters. The summed E-state index contributed by atoms with van der Waals surface area (Å²) >= 11 is 0. The quantitative estimate of drug-likeness (QED) is 0.428. The number of fused-ring (bicyclic) bond motifs is 3. The number of hydrogen-bond acceptors (Lipinski definition) is 6. The lowest BCUT2D eigenvalue weighted by atomic mass is 9.77. The van der Waals surface area contributed by atoms with Crippen molar-refractivity contribution in [1.82, 2.24) is 4.90 Å². The minimum Gasteiger partial charge on any atom is -0.492 e. The van der Waals surface area contributed by atoms with E-state index in [1.807, 2.05) is 6.07 Å². The van der Waals surface area contributed by atoms with Crippen LogP contribution in [0, 0.1) is 17.2 Å². The maximum Gasteiger partial charge on any atom is 0.343 e. The lowest BCUT2D eigenvalue weighted by Gasteiger charge is -2.40. The van der Waals surface area contributed by atoms with E-state index in [-0.39, 0.29) is 21.6 Å². The third-order valence-corrected chi connectivity index (χ3v) is 9.90. The van der Waals surface area contributed by atoms with Gasteiger partial charge in [-0.25, -0.2) is 17.6 Å². The second kappa shape index (κ2) is 10.5. The SMILES string of the molecule is CCN1CCCC(C)(CCCc2cc(F)ccc2S(=O)(=O)Nc2ccc3c(c2C(=O)OC)OC[C@@H]2C[C@H]32)C1. The zero-order valence-corrected chi connectivity index (χ0v) is 23.2. The van der Waals surface area contributed by atoms with Crippen LogP contribution in [-0.4, -0.2) is 52.6 Å². The molecule has 2 fully saturated rings. The Morgan fingerprint density at radius 2 is 2.11 bits per heavy atom. The second-order valence-electron chi connectivity index (χ2n) is 11.3. The number of halogens is 1. The number of anilines is 1. The number of benzene rings is 2. The molecule has 2 aromatic carbocycles. The maximum atomic E-state index is 14.3. The fraction of sp³-hybridized carbons (Fsp3) is 0.552. The van der Waals surface area contributed by atoms with E-state index >= 15 is 0 Å². The average Bonchev–Trinajstić information content (AvgIpc) is 3.68. The van der Waals surface area contributed by atoms with Gasteiger partial charge in [0.2, 0.25) is 0 Å². The van der Waals surface area contributed by atoms with Gasteiger partial charge in [0.15, 0.2) is 0 Å². The number of rotatable bonds is 9. The van der Waals surface area contributed by atoms with Crippen molar-refractivity contribution in [1.29, 1.82) is 0 Å². The summed E-state index contributed by atoms with van der Waals surface area (Å²) in [7, 11) is -2.87. The maximum absolute atomic E-state index is 14.3. The highest BCUT2D eigenvalue weighted by atomic mass is 32.2. The Labute approximate surface area is 224 Å². The van der Waals surface area contributed by atoms with Crippen molar-refractivity contribution in [3.8, 4) is 5.75 Å². The third-order valence-electron chi connectivity index (χ3n) is 8.43. The number of carbonyl (C=O) groups is 1. The smallest absolute Gasteiger partial charge is 0.343 e. The molecule has 2 heterocycles. The molecule has 1 N–H and O–H groups in total. The molecule has 1 saturated carbocycles. The predicted octanol–water partition coefficient (Wildman–Crippen LogP) is 5.35. The minimum absolute atomic E-state index is 0.0135. The van der Waals surface area contributed by atoms with Gasteiger partial charge < -0.3 is 14.4 Å². The van der Waals surface area contributed by atoms with E-state index in [2.05, 4.69) is 23.5 Å². The number of methoxy groups -OCH3 is 1. The Hall–Kier alpha value is -2.65. The first-order valence-corrected chi connectivity index (χ1v) is 15.0. The van der Waals surface area contributed by atoms with Crippen LogP contribution in [0.1, 0.15) is 73.4 Å². The van der Waals surface area contributed by atoms with Crippen molar-refractivity contribution < 1.29 is 27.1 Å². The second-order valence-corrected chi connectivity index (χ2v) is 13.0. The average molecular weight is 545 g/mol. The molecular formula is C29H37FN2O5S. The van der Waals surface area contributed by atoms with Crippen LogP contribution in [0.2, 0.25) is 0 Å². The monoisotopic (exact) mass is 544 g/mol. The van der Waals surface area contributed by atoms with Gasteiger partial charge in [0.05, 0.1) is 24.3 Å². The standard InChI is InChI=1S/C29H37FN2O5S/c1-4-32-14-6-13-29(2,18-32)12-5-7-19-15-21(30)8-11-25(19)38(34,35)31-24-10-9-22-23-16-20(23)17-37-27(22)26(24)28(33)36-3/h8-11,15,20,23,31H,4-7,12-14,16-18H2,1-3H3/t20-,23-,29?/m0/s1. The van der Waals surface area contributed by atoms with E-state index in [1.165, 1.54) is 19.2 Å². The van der Waals surface area contributed by atoms with Gasteiger partial charge in [-0.15, -0.1) is 0 Å². The molecule has 0 bridgehead atoms. The molecule has 0 radical (unpaired) electrons. The first kappa shape index (κ1) is 26.9. The Kier molecular flexibility index (Phi) is 7.44. The summed E-state index contributed by atoms with van der Waals surface area (Å²) in [5, 5.41) is 0. The fourth-order valence-corrected chi connectivity index (χ4v) is 7.57. The predicted molar refractivity (Wildman–Crippen MR) is 144 cm³/mol. The van der Waals surface area contributed by atoms with Crippen molar-refractivity contribution in [3.05, 3.63) is 52.8 Å². The summed E-state index contributed by atoms with van der Waals surface area (Å²) in [6.07, 6.45) is 5.41. The summed E-state index contributed by atoms with van der Waals surface area (Å²) < 4.78 is 54.9. The van der Waals surface area contributed by atoms with Crippen LogP contribution in [0.3, 0.4) is 0 Å². The molecule has 7 nitrogen and oxygen atoms in total. The highest BCUT2D eigenvalue weighted by Gasteiger charge is 2.45. The summed E-state index contributed by atoms with van der Waals surface area (Å²) in [5.41, 5.74) is 1.68. The zero-order chi connectivity index (χ0) is 27.1. The molecule has 0 amide bonds. The third kappa shape index (κ3) is 5.41. The van der Waals surface area contributed by atoms with E-state index in [0.29, 0.717) is 36.2 Å². The normalized spacial score (nSPS) is 24.6. The molecule has 9 heteroatoms. The number of sulfonamides is 1. The van der Waals surface area contributed by atoms with Crippen LogP contribution in [0.5, 0.6) is 5.75 Å². The van der Waals surface area contributed by atoms with Crippen LogP contribution in [0.15, 0.2) is 35.2 Å². The van der Waals surface area contributed by atoms with Crippen molar-refractivity contribution in [2.24, 2.45) is 11.3 Å². The number of nitrogens with one attached hydrogen (secondary N) is 1. The summed E-state index contributed by atoms with van der Waals surface area (Å²) in [5.74, 6) is 0.0124. The Morgan fingerprint density at radius 1 is 1.29 bits per heavy atom. The van der Waals surface area contributed by atoms with Crippen LogP contribution >= 0.6 is 0 Å². The van der Waals surface area contributed by atoms with Gasteiger partial charge in [0, 0.05) is 12.5 Å². The number of aryl methyl sites for hydroxylation is 1. The van der Waals surface area contributed by atoms with E-state index in [9.17, 15) is 17.6 Å². The van der Waals surface area contributed by atoms with Crippen LogP contribution in [0.25, 0.3) is 0 Å². The number of ether oxygens (including phenoxy) is 2. The molecular weight excluding hydrogens is 507 g/mol. The number of likely N-dealkylation sites (tertiary alicyclic amines) is 1. The van der Waals surface area contributed by atoms with E-state index < -0.39 is 21.8 Å². The largest absolute Gasteiger partial charge is 0.492 e. The zero-order valence-electron chi connectivity index (χ0n) is 22.4. The van der Waals surface area contributed by atoms with Crippen LogP contribution < -0.4 is 9.46 Å². The van der Waals surface area contributed by atoms with Crippen molar-refractivity contribution in [3.63, 3.8) is 0 Å². The molecule has 0 spiro atoms. The molecule has 1 aliphatic carbocycles. The van der Waals surface area contributed by atoms with Crippen LogP contribution in [-0.2, 0) is 21.2 Å². The van der Waals surface area contributed by atoms with E-state index in [1.54, 1.807) is 6.07 Å². The Morgan fingerprint density at radius 3 is 2.87 bits per heavy atom. The van der Waals surface area contributed by atoms with Gasteiger partial charge >= 0.3 is 5.97 Å². The molecule has 2 aliphatic heterocycles. The number of piperidine rings is 1. The molecule has 38 heavy (non-hydrogen) atoms. The molecule has 2 aromatic rings. The number of hydrogen-bond donors (Lipinski definition) is 1. The van der Waals surface area contributed by atoms with Crippen molar-refractivity contribution >= 4 is 21.7 Å². The highest BCUT2D eigenvalue weighted by Crippen LogP contribution is 2.55. The molecule has 0 aromatic heterocycles. The number of esters is 1. The Bertz CT molecular complexity index is 1330. The van der Waals surface area contributed by atoms with Crippen LogP contribution in [0.4, 0.5) is 10.1 Å². The first-order valence-electron chi connectivity index (χ1n) is 13.6. The summed E-state index contributed by atoms with van der Waals surface area (Å²) in [6.45, 7) is 8.12.